The summed E-state index contributed by atoms with van der Waals surface area (Å²) in [7, 11) is -1.70. The van der Waals surface area contributed by atoms with Crippen LogP contribution in [0.15, 0.2) is 58.4 Å². The molecule has 0 spiro atoms. The van der Waals surface area contributed by atoms with Crippen molar-refractivity contribution in [3.8, 4) is 0 Å². The number of aromatic nitrogens is 2. The molecule has 158 valence electrons. The predicted octanol–water partition coefficient (Wildman–Crippen LogP) is 1.45. The van der Waals surface area contributed by atoms with E-state index in [0.29, 0.717) is 38.4 Å². The number of benzene rings is 1. The Labute approximate surface area is 175 Å². The Balaban J connectivity index is 1.36. The molecule has 9 nitrogen and oxygen atoms in total. The van der Waals surface area contributed by atoms with Gasteiger partial charge in [0.25, 0.3) is 0 Å². The van der Waals surface area contributed by atoms with Crippen molar-refractivity contribution in [1.29, 1.82) is 0 Å². The van der Waals surface area contributed by atoms with Crippen LogP contribution in [0.4, 0.5) is 0 Å². The molecule has 0 saturated carbocycles. The molecule has 1 aliphatic heterocycles. The first-order valence-corrected chi connectivity index (χ1v) is 11.3. The fraction of sp³-hybridized carbons (Fsp3) is 0.350. The van der Waals surface area contributed by atoms with Crippen molar-refractivity contribution in [3.63, 3.8) is 0 Å². The number of hydrogen-bond donors (Lipinski definition) is 1. The lowest BCUT2D eigenvalue weighted by molar-refractivity contribution is 0.259. The molecule has 30 heavy (non-hydrogen) atoms. The average molecular weight is 429 g/mol. The lowest BCUT2D eigenvalue weighted by Gasteiger charge is -2.35. The Bertz CT molecular complexity index is 1120. The summed E-state index contributed by atoms with van der Waals surface area (Å²) in [6.45, 7) is 2.45. The first-order valence-electron chi connectivity index (χ1n) is 9.72. The van der Waals surface area contributed by atoms with E-state index >= 15 is 0 Å². The average Bonchev–Trinajstić information content (AvgIpc) is 3.27. The lowest BCUT2D eigenvalue weighted by atomic mass is 10.1. The predicted molar refractivity (Wildman–Crippen MR) is 114 cm³/mol. The molecule has 1 aliphatic rings. The van der Waals surface area contributed by atoms with Crippen LogP contribution >= 0.6 is 0 Å². The van der Waals surface area contributed by atoms with E-state index in [-0.39, 0.29) is 5.75 Å². The first-order chi connectivity index (χ1) is 14.6. The van der Waals surface area contributed by atoms with Crippen LogP contribution in [0.2, 0.25) is 0 Å². The Hall–Kier alpha value is -2.98. The van der Waals surface area contributed by atoms with E-state index in [1.807, 2.05) is 18.2 Å². The topological polar surface area (TPSA) is 104 Å². The molecule has 0 bridgehead atoms. The molecular formula is C20H24N6O3S. The minimum atomic E-state index is -3.43. The third-order valence-electron chi connectivity index (χ3n) is 5.14. The number of fused-ring (bicyclic) bond motifs is 1. The lowest BCUT2D eigenvalue weighted by Crippen LogP contribution is -2.53. The van der Waals surface area contributed by atoms with Gasteiger partial charge in [-0.25, -0.2) is 8.42 Å². The number of piperazine rings is 1. The Morgan fingerprint density at radius 1 is 1.17 bits per heavy atom. The largest absolute Gasteiger partial charge is 0.364 e. The van der Waals surface area contributed by atoms with E-state index in [0.717, 1.165) is 22.4 Å². The number of aliphatic imine (C=N–C) groups is 1. The molecule has 4 rings (SSSR count). The van der Waals surface area contributed by atoms with E-state index in [1.165, 1.54) is 10.6 Å². The summed E-state index contributed by atoms with van der Waals surface area (Å²) in [5.74, 6) is 0.585. The van der Waals surface area contributed by atoms with Gasteiger partial charge in [-0.15, -0.1) is 0 Å². The summed E-state index contributed by atoms with van der Waals surface area (Å²) in [5.41, 5.74) is 1.36. The van der Waals surface area contributed by atoms with E-state index in [9.17, 15) is 8.42 Å². The number of rotatable bonds is 5. The van der Waals surface area contributed by atoms with Crippen LogP contribution in [-0.4, -0.2) is 66.9 Å². The zero-order valence-electron chi connectivity index (χ0n) is 16.7. The second-order valence-electron chi connectivity index (χ2n) is 7.01. The van der Waals surface area contributed by atoms with Gasteiger partial charge in [0.15, 0.2) is 5.96 Å². The van der Waals surface area contributed by atoms with Crippen LogP contribution in [0.5, 0.6) is 0 Å². The Morgan fingerprint density at radius 2 is 1.97 bits per heavy atom. The van der Waals surface area contributed by atoms with E-state index < -0.39 is 10.0 Å². The molecule has 3 aromatic rings. The van der Waals surface area contributed by atoms with Crippen LogP contribution < -0.4 is 5.32 Å². The number of sulfonamides is 1. The molecule has 10 heteroatoms. The minimum absolute atomic E-state index is 0.150. The molecule has 0 radical (unpaired) electrons. The number of nitrogens with zero attached hydrogens (tertiary/aromatic N) is 5. The van der Waals surface area contributed by atoms with E-state index in [1.54, 1.807) is 19.3 Å². The molecule has 1 N–H and O–H groups in total. The fourth-order valence-electron chi connectivity index (χ4n) is 3.59. The molecule has 3 heterocycles. The molecule has 1 fully saturated rings. The summed E-state index contributed by atoms with van der Waals surface area (Å²) < 4.78 is 31.4. The van der Waals surface area contributed by atoms with Gasteiger partial charge < -0.3 is 14.7 Å². The number of pyridine rings is 1. The zero-order valence-corrected chi connectivity index (χ0v) is 17.5. The van der Waals surface area contributed by atoms with Crippen molar-refractivity contribution in [1.82, 2.24) is 24.7 Å². The molecule has 0 aliphatic carbocycles. The summed E-state index contributed by atoms with van der Waals surface area (Å²) in [6.07, 6.45) is 3.18. The van der Waals surface area contributed by atoms with Crippen LogP contribution in [0.1, 0.15) is 11.4 Å². The van der Waals surface area contributed by atoms with Crippen LogP contribution in [0.25, 0.3) is 10.8 Å². The molecule has 0 amide bonds. The second-order valence-corrected chi connectivity index (χ2v) is 8.98. The maximum absolute atomic E-state index is 12.6. The van der Waals surface area contributed by atoms with E-state index in [2.05, 4.69) is 37.5 Å². The molecule has 2 aromatic heterocycles. The van der Waals surface area contributed by atoms with Gasteiger partial charge >= 0.3 is 0 Å². The highest BCUT2D eigenvalue weighted by atomic mass is 32.2. The third kappa shape index (κ3) is 4.44. The number of guanidine groups is 1. The third-order valence-corrected chi connectivity index (χ3v) is 6.95. The highest BCUT2D eigenvalue weighted by Crippen LogP contribution is 2.16. The quantitative estimate of drug-likeness (QED) is 0.484. The van der Waals surface area contributed by atoms with Crippen molar-refractivity contribution in [2.24, 2.45) is 4.99 Å². The molecule has 1 aromatic carbocycles. The molecule has 1 saturated heterocycles. The van der Waals surface area contributed by atoms with Gasteiger partial charge in [-0.3, -0.25) is 9.98 Å². The normalized spacial score (nSPS) is 16.2. The second kappa shape index (κ2) is 8.80. The Morgan fingerprint density at radius 3 is 2.70 bits per heavy atom. The van der Waals surface area contributed by atoms with Gasteiger partial charge in [0.1, 0.15) is 12.0 Å². The number of nitrogens with one attached hydrogen (secondary N) is 1. The van der Waals surface area contributed by atoms with Crippen LogP contribution in [0, 0.1) is 0 Å². The smallest absolute Gasteiger partial charge is 0.220 e. The van der Waals surface area contributed by atoms with Gasteiger partial charge in [0, 0.05) is 50.9 Å². The van der Waals surface area contributed by atoms with E-state index in [4.69, 9.17) is 4.52 Å². The fourth-order valence-corrected chi connectivity index (χ4v) is 5.01. The summed E-state index contributed by atoms with van der Waals surface area (Å²) in [4.78, 5) is 10.9. The van der Waals surface area contributed by atoms with Crippen molar-refractivity contribution >= 4 is 26.8 Å². The minimum Gasteiger partial charge on any atom is -0.364 e. The van der Waals surface area contributed by atoms with Gasteiger partial charge in [0.05, 0.1) is 17.9 Å². The molecule has 0 unspecified atom stereocenters. The highest BCUT2D eigenvalue weighted by molar-refractivity contribution is 7.88. The van der Waals surface area contributed by atoms with Gasteiger partial charge in [-0.1, -0.05) is 29.4 Å². The highest BCUT2D eigenvalue weighted by Gasteiger charge is 2.29. The maximum atomic E-state index is 12.6. The molecule has 0 atom stereocenters. The van der Waals surface area contributed by atoms with Crippen molar-refractivity contribution in [2.75, 3.05) is 33.2 Å². The monoisotopic (exact) mass is 428 g/mol. The SMILES string of the molecule is CN=C(NCc1nccc2ccccc12)N1CCN(S(=O)(=O)Cc2ccon2)CC1. The van der Waals surface area contributed by atoms with Gasteiger partial charge in [0.2, 0.25) is 10.0 Å². The standard InChI is InChI=1S/C20H24N6O3S/c1-21-20(23-14-19-18-5-3-2-4-16(18)6-8-22-19)25-9-11-26(12-10-25)30(27,28)15-17-7-13-29-24-17/h2-8,13H,9-12,14-15H2,1H3,(H,21,23). The van der Waals surface area contributed by atoms with Crippen molar-refractivity contribution < 1.29 is 12.9 Å². The van der Waals surface area contributed by atoms with Crippen LogP contribution in [-0.2, 0) is 22.3 Å². The maximum Gasteiger partial charge on any atom is 0.220 e. The Kier molecular flexibility index (Phi) is 5.96. The van der Waals surface area contributed by atoms with Crippen molar-refractivity contribution in [2.45, 2.75) is 12.3 Å². The molecular weight excluding hydrogens is 404 g/mol. The zero-order chi connectivity index (χ0) is 21.0. The number of hydrogen-bond acceptors (Lipinski definition) is 6. The first kappa shape index (κ1) is 20.3. The summed E-state index contributed by atoms with van der Waals surface area (Å²) >= 11 is 0. The van der Waals surface area contributed by atoms with Crippen molar-refractivity contribution in [3.05, 3.63) is 60.2 Å². The van der Waals surface area contributed by atoms with Gasteiger partial charge in [-0.05, 0) is 11.5 Å². The van der Waals surface area contributed by atoms with Crippen LogP contribution in [0.3, 0.4) is 0 Å². The summed E-state index contributed by atoms with van der Waals surface area (Å²) in [6, 6.07) is 11.7. The summed E-state index contributed by atoms with van der Waals surface area (Å²) in [5, 5.41) is 9.31. The van der Waals surface area contributed by atoms with Gasteiger partial charge in [-0.2, -0.15) is 4.31 Å².